The Hall–Kier alpha value is -3.27. The van der Waals surface area contributed by atoms with Crippen LogP contribution < -0.4 is 10.0 Å². The second-order valence-corrected chi connectivity index (χ2v) is 9.70. The second-order valence-electron chi connectivity index (χ2n) is 7.69. The SMILES string of the molecule is CCS(=O)(=O)Nc1cc([C@@H](O)CNCC(c2ccc(O)cc2)c2ccc(O)cc2)ccc1O. The molecule has 3 aromatic rings. The Morgan fingerprint density at radius 2 is 1.30 bits per heavy atom. The predicted molar refractivity (Wildman–Crippen MR) is 127 cm³/mol. The molecule has 8 nitrogen and oxygen atoms in total. The van der Waals surface area contributed by atoms with Crippen molar-refractivity contribution in [2.75, 3.05) is 23.6 Å². The van der Waals surface area contributed by atoms with Crippen LogP contribution in [-0.4, -0.2) is 47.7 Å². The Balaban J connectivity index is 1.72. The first-order chi connectivity index (χ1) is 15.7. The lowest BCUT2D eigenvalue weighted by atomic mass is 9.91. The highest BCUT2D eigenvalue weighted by atomic mass is 32.2. The molecule has 9 heteroatoms. The lowest BCUT2D eigenvalue weighted by Gasteiger charge is -2.21. The van der Waals surface area contributed by atoms with E-state index in [0.717, 1.165) is 11.1 Å². The summed E-state index contributed by atoms with van der Waals surface area (Å²) in [6.45, 7) is 2.12. The van der Waals surface area contributed by atoms with Gasteiger partial charge in [0.25, 0.3) is 0 Å². The number of aliphatic hydroxyl groups is 1. The lowest BCUT2D eigenvalue weighted by Crippen LogP contribution is -2.27. The van der Waals surface area contributed by atoms with E-state index >= 15 is 0 Å². The van der Waals surface area contributed by atoms with Gasteiger partial charge in [-0.3, -0.25) is 4.72 Å². The molecule has 0 fully saturated rings. The number of phenolic OH excluding ortho intramolecular Hbond substituents is 3. The Morgan fingerprint density at radius 1 is 0.788 bits per heavy atom. The average Bonchev–Trinajstić information content (AvgIpc) is 2.79. The van der Waals surface area contributed by atoms with Crippen LogP contribution in [0.25, 0.3) is 0 Å². The lowest BCUT2D eigenvalue weighted by molar-refractivity contribution is 0.174. The third kappa shape index (κ3) is 6.61. The molecule has 0 bridgehead atoms. The van der Waals surface area contributed by atoms with Gasteiger partial charge in [0.05, 0.1) is 17.5 Å². The minimum Gasteiger partial charge on any atom is -0.508 e. The van der Waals surface area contributed by atoms with Gasteiger partial charge in [-0.1, -0.05) is 30.3 Å². The average molecular weight is 473 g/mol. The predicted octanol–water partition coefficient (Wildman–Crippen LogP) is 3.02. The number of hydrogen-bond acceptors (Lipinski definition) is 7. The maximum atomic E-state index is 11.8. The van der Waals surface area contributed by atoms with E-state index in [0.29, 0.717) is 12.1 Å². The summed E-state index contributed by atoms with van der Waals surface area (Å²) in [5.41, 5.74) is 2.35. The Labute approximate surface area is 193 Å². The van der Waals surface area contributed by atoms with E-state index in [1.807, 2.05) is 24.3 Å². The van der Waals surface area contributed by atoms with E-state index in [9.17, 15) is 28.8 Å². The van der Waals surface area contributed by atoms with Gasteiger partial charge in [-0.15, -0.1) is 0 Å². The van der Waals surface area contributed by atoms with Crippen LogP contribution in [0.15, 0.2) is 66.7 Å². The van der Waals surface area contributed by atoms with E-state index < -0.39 is 16.1 Å². The van der Waals surface area contributed by atoms with Crippen molar-refractivity contribution in [2.45, 2.75) is 18.9 Å². The zero-order valence-electron chi connectivity index (χ0n) is 18.1. The summed E-state index contributed by atoms with van der Waals surface area (Å²) in [6.07, 6.45) is -0.948. The number of aromatic hydroxyl groups is 3. The van der Waals surface area contributed by atoms with Crippen LogP contribution in [0, 0.1) is 0 Å². The molecule has 176 valence electrons. The molecule has 1 atom stereocenters. The molecule has 0 spiro atoms. The van der Waals surface area contributed by atoms with Crippen LogP contribution in [0.5, 0.6) is 17.2 Å². The molecule has 0 unspecified atom stereocenters. The fourth-order valence-corrected chi connectivity index (χ4v) is 4.05. The highest BCUT2D eigenvalue weighted by Gasteiger charge is 2.17. The molecule has 0 saturated heterocycles. The molecule has 6 N–H and O–H groups in total. The van der Waals surface area contributed by atoms with Crippen molar-refractivity contribution in [2.24, 2.45) is 0 Å². The summed E-state index contributed by atoms with van der Waals surface area (Å²) in [6, 6.07) is 18.0. The van der Waals surface area contributed by atoms with Crippen LogP contribution >= 0.6 is 0 Å². The molecule has 0 aliphatic rings. The van der Waals surface area contributed by atoms with Crippen molar-refractivity contribution in [3.8, 4) is 17.2 Å². The van der Waals surface area contributed by atoms with Gasteiger partial charge < -0.3 is 25.7 Å². The maximum Gasteiger partial charge on any atom is 0.232 e. The van der Waals surface area contributed by atoms with E-state index in [2.05, 4.69) is 10.0 Å². The summed E-state index contributed by atoms with van der Waals surface area (Å²) in [5.74, 6) is -0.154. The highest BCUT2D eigenvalue weighted by Crippen LogP contribution is 2.29. The van der Waals surface area contributed by atoms with E-state index in [1.54, 1.807) is 24.3 Å². The van der Waals surface area contributed by atoms with Crippen molar-refractivity contribution in [1.29, 1.82) is 0 Å². The summed E-state index contributed by atoms with van der Waals surface area (Å²) in [5, 5.41) is 43.0. The first-order valence-electron chi connectivity index (χ1n) is 10.5. The fourth-order valence-electron chi connectivity index (χ4n) is 3.41. The van der Waals surface area contributed by atoms with E-state index in [4.69, 9.17) is 0 Å². The quantitative estimate of drug-likeness (QED) is 0.249. The molecule has 0 amide bonds. The molecule has 0 heterocycles. The van der Waals surface area contributed by atoms with E-state index in [-0.39, 0.29) is 41.2 Å². The third-order valence-electron chi connectivity index (χ3n) is 5.33. The molecule has 3 rings (SSSR count). The molecule has 0 aromatic heterocycles. The first-order valence-corrected chi connectivity index (χ1v) is 12.1. The number of phenols is 3. The summed E-state index contributed by atoms with van der Waals surface area (Å²) < 4.78 is 26.0. The van der Waals surface area contributed by atoms with Gasteiger partial charge in [0, 0.05) is 19.0 Å². The van der Waals surface area contributed by atoms with Crippen molar-refractivity contribution in [3.63, 3.8) is 0 Å². The minimum atomic E-state index is -3.58. The van der Waals surface area contributed by atoms with Crippen LogP contribution in [0.2, 0.25) is 0 Å². The molecule has 33 heavy (non-hydrogen) atoms. The summed E-state index contributed by atoms with van der Waals surface area (Å²) in [4.78, 5) is 0. The molecule has 0 saturated carbocycles. The number of nitrogens with one attached hydrogen (secondary N) is 2. The van der Waals surface area contributed by atoms with Crippen molar-refractivity contribution >= 4 is 15.7 Å². The van der Waals surface area contributed by atoms with Crippen molar-refractivity contribution in [1.82, 2.24) is 5.32 Å². The van der Waals surface area contributed by atoms with Gasteiger partial charge in [0.15, 0.2) is 0 Å². The number of sulfonamides is 1. The number of anilines is 1. The first kappa shape index (κ1) is 24.4. The fraction of sp³-hybridized carbons (Fsp3) is 0.250. The van der Waals surface area contributed by atoms with Crippen LogP contribution in [-0.2, 0) is 10.0 Å². The number of benzene rings is 3. The van der Waals surface area contributed by atoms with Crippen molar-refractivity contribution < 1.29 is 28.8 Å². The van der Waals surface area contributed by atoms with Gasteiger partial charge >= 0.3 is 0 Å². The molecular formula is C24H28N2O6S. The molecule has 0 aliphatic heterocycles. The Bertz CT molecular complexity index is 1120. The maximum absolute atomic E-state index is 11.8. The van der Waals surface area contributed by atoms with E-state index in [1.165, 1.54) is 25.1 Å². The van der Waals surface area contributed by atoms with Gasteiger partial charge in [-0.2, -0.15) is 0 Å². The smallest absolute Gasteiger partial charge is 0.232 e. The third-order valence-corrected chi connectivity index (χ3v) is 6.62. The normalized spacial score (nSPS) is 12.6. The number of aliphatic hydroxyl groups excluding tert-OH is 1. The van der Waals surface area contributed by atoms with Crippen LogP contribution in [0.4, 0.5) is 5.69 Å². The Morgan fingerprint density at radius 3 is 1.82 bits per heavy atom. The minimum absolute atomic E-state index is 0.0134. The zero-order chi connectivity index (χ0) is 24.0. The molecule has 0 aliphatic carbocycles. The highest BCUT2D eigenvalue weighted by molar-refractivity contribution is 7.92. The van der Waals surface area contributed by atoms with Crippen molar-refractivity contribution in [3.05, 3.63) is 83.4 Å². The largest absolute Gasteiger partial charge is 0.508 e. The number of hydrogen-bond donors (Lipinski definition) is 6. The summed E-state index contributed by atoms with van der Waals surface area (Å²) >= 11 is 0. The van der Waals surface area contributed by atoms with Gasteiger partial charge in [-0.05, 0) is 60.0 Å². The van der Waals surface area contributed by atoms with Crippen LogP contribution in [0.1, 0.15) is 35.6 Å². The molecule has 0 radical (unpaired) electrons. The monoisotopic (exact) mass is 472 g/mol. The zero-order valence-corrected chi connectivity index (χ0v) is 19.0. The number of rotatable bonds is 10. The van der Waals surface area contributed by atoms with Gasteiger partial charge in [-0.25, -0.2) is 8.42 Å². The molecule has 3 aromatic carbocycles. The summed E-state index contributed by atoms with van der Waals surface area (Å²) in [7, 11) is -3.58. The Kier molecular flexibility index (Phi) is 7.80. The second kappa shape index (κ2) is 10.6. The molecular weight excluding hydrogens is 444 g/mol. The topological polar surface area (TPSA) is 139 Å². The van der Waals surface area contributed by atoms with Gasteiger partial charge in [0.2, 0.25) is 10.0 Å². The standard InChI is InChI=1S/C24H28N2O6S/c1-2-33(31,32)26-22-13-18(7-12-23(22)29)24(30)15-25-14-21(16-3-8-19(27)9-4-16)17-5-10-20(28)11-6-17/h3-13,21,24-30H,2,14-15H2,1H3/t24-/m0/s1. The van der Waals surface area contributed by atoms with Gasteiger partial charge in [0.1, 0.15) is 17.2 Å². The van der Waals surface area contributed by atoms with Crippen LogP contribution in [0.3, 0.4) is 0 Å².